The van der Waals surface area contributed by atoms with E-state index in [9.17, 15) is 9.59 Å². The van der Waals surface area contributed by atoms with Gasteiger partial charge in [-0.2, -0.15) is 5.10 Å². The van der Waals surface area contributed by atoms with Gasteiger partial charge in [0.2, 0.25) is 5.91 Å². The number of carbonyl (C=O) groups is 2. The van der Waals surface area contributed by atoms with Crippen LogP contribution in [-0.4, -0.2) is 35.1 Å². The van der Waals surface area contributed by atoms with Gasteiger partial charge in [-0.15, -0.1) is 0 Å². The predicted octanol–water partition coefficient (Wildman–Crippen LogP) is 2.75. The van der Waals surface area contributed by atoms with Crippen LogP contribution in [-0.2, 0) is 9.59 Å². The summed E-state index contributed by atoms with van der Waals surface area (Å²) in [5.74, 6) is -0.294. The Labute approximate surface area is 151 Å². The minimum absolute atomic E-state index is 0.121. The Bertz CT molecular complexity index is 931. The Morgan fingerprint density at radius 3 is 2.62 bits per heavy atom. The number of nitrogens with one attached hydrogen (secondary N) is 2. The SMILES string of the molecule is CC(=O)NCCN(C(=O)/C=C/c1n[nH]c2ccccc12)c1ccccc1. The van der Waals surface area contributed by atoms with E-state index in [1.54, 1.807) is 11.0 Å². The maximum Gasteiger partial charge on any atom is 0.251 e. The first-order valence-electron chi connectivity index (χ1n) is 8.37. The van der Waals surface area contributed by atoms with Crippen LogP contribution in [0, 0.1) is 0 Å². The molecule has 0 saturated heterocycles. The maximum atomic E-state index is 12.7. The molecule has 2 N–H and O–H groups in total. The van der Waals surface area contributed by atoms with Gasteiger partial charge in [0.05, 0.1) is 11.2 Å². The predicted molar refractivity (Wildman–Crippen MR) is 103 cm³/mol. The molecule has 3 aromatic rings. The van der Waals surface area contributed by atoms with E-state index in [0.717, 1.165) is 16.6 Å². The first-order chi connectivity index (χ1) is 12.6. The Hall–Kier alpha value is -3.41. The highest BCUT2D eigenvalue weighted by Crippen LogP contribution is 2.17. The molecule has 0 spiro atoms. The summed E-state index contributed by atoms with van der Waals surface area (Å²) in [5, 5.41) is 10.9. The molecule has 132 valence electrons. The molecule has 0 radical (unpaired) electrons. The van der Waals surface area contributed by atoms with Crippen molar-refractivity contribution in [2.75, 3.05) is 18.0 Å². The van der Waals surface area contributed by atoms with E-state index in [2.05, 4.69) is 15.5 Å². The number of hydrogen-bond donors (Lipinski definition) is 2. The molecule has 26 heavy (non-hydrogen) atoms. The van der Waals surface area contributed by atoms with E-state index in [-0.39, 0.29) is 11.8 Å². The molecule has 0 aliphatic heterocycles. The van der Waals surface area contributed by atoms with E-state index >= 15 is 0 Å². The second-order valence-electron chi connectivity index (χ2n) is 5.80. The van der Waals surface area contributed by atoms with Gasteiger partial charge in [0.15, 0.2) is 0 Å². The summed E-state index contributed by atoms with van der Waals surface area (Å²) < 4.78 is 0. The van der Waals surface area contributed by atoms with Gasteiger partial charge in [0.1, 0.15) is 0 Å². The number of para-hydroxylation sites is 2. The molecule has 0 atom stereocenters. The van der Waals surface area contributed by atoms with Crippen molar-refractivity contribution in [3.05, 3.63) is 66.4 Å². The van der Waals surface area contributed by atoms with Gasteiger partial charge in [-0.3, -0.25) is 14.7 Å². The molecule has 2 amide bonds. The summed E-state index contributed by atoms with van der Waals surface area (Å²) in [6, 6.07) is 17.1. The third-order valence-electron chi connectivity index (χ3n) is 3.93. The Morgan fingerprint density at radius 1 is 1.12 bits per heavy atom. The molecule has 3 rings (SSSR count). The number of fused-ring (bicyclic) bond motifs is 1. The normalized spacial score (nSPS) is 11.0. The number of carbonyl (C=O) groups excluding carboxylic acids is 2. The van der Waals surface area contributed by atoms with Crippen molar-refractivity contribution >= 4 is 34.5 Å². The first kappa shape index (κ1) is 17.4. The van der Waals surface area contributed by atoms with Gasteiger partial charge < -0.3 is 10.2 Å². The van der Waals surface area contributed by atoms with E-state index in [4.69, 9.17) is 0 Å². The molecule has 6 heteroatoms. The van der Waals surface area contributed by atoms with E-state index in [1.165, 1.54) is 13.0 Å². The number of aromatic amines is 1. The standard InChI is InChI=1S/C20H20N4O2/c1-15(25)21-13-14-24(16-7-3-2-4-8-16)20(26)12-11-19-17-9-5-6-10-18(17)22-23-19/h2-12H,13-14H2,1H3,(H,21,25)(H,22,23)/b12-11+. The van der Waals surface area contributed by atoms with Crippen LogP contribution in [0.2, 0.25) is 0 Å². The topological polar surface area (TPSA) is 78.1 Å². The van der Waals surface area contributed by atoms with Crippen LogP contribution in [0.25, 0.3) is 17.0 Å². The second kappa shape index (κ2) is 8.11. The van der Waals surface area contributed by atoms with Crippen molar-refractivity contribution in [3.63, 3.8) is 0 Å². The second-order valence-corrected chi connectivity index (χ2v) is 5.80. The summed E-state index contributed by atoms with van der Waals surface area (Å²) in [6.45, 7) is 2.22. The minimum atomic E-state index is -0.173. The van der Waals surface area contributed by atoms with Gasteiger partial charge in [-0.05, 0) is 24.3 Å². The zero-order valence-electron chi connectivity index (χ0n) is 14.5. The fourth-order valence-corrected chi connectivity index (χ4v) is 2.67. The first-order valence-corrected chi connectivity index (χ1v) is 8.37. The van der Waals surface area contributed by atoms with Crippen LogP contribution in [0.4, 0.5) is 5.69 Å². The van der Waals surface area contributed by atoms with Gasteiger partial charge in [0, 0.05) is 37.2 Å². The summed E-state index contributed by atoms with van der Waals surface area (Å²) in [5.41, 5.74) is 2.41. The monoisotopic (exact) mass is 348 g/mol. The molecule has 2 aromatic carbocycles. The lowest BCUT2D eigenvalue weighted by atomic mass is 10.2. The maximum absolute atomic E-state index is 12.7. The summed E-state index contributed by atoms with van der Waals surface area (Å²) in [6.07, 6.45) is 3.21. The number of rotatable bonds is 6. The van der Waals surface area contributed by atoms with Crippen LogP contribution < -0.4 is 10.2 Å². The van der Waals surface area contributed by atoms with Crippen LogP contribution in [0.5, 0.6) is 0 Å². The van der Waals surface area contributed by atoms with Crippen LogP contribution >= 0.6 is 0 Å². The molecule has 1 heterocycles. The highest BCUT2D eigenvalue weighted by Gasteiger charge is 2.13. The average molecular weight is 348 g/mol. The molecule has 0 bridgehead atoms. The fraction of sp³-hybridized carbons (Fsp3) is 0.150. The van der Waals surface area contributed by atoms with Crippen LogP contribution in [0.15, 0.2) is 60.7 Å². The molecule has 6 nitrogen and oxygen atoms in total. The molecule has 0 aliphatic carbocycles. The number of aromatic nitrogens is 2. The van der Waals surface area contributed by atoms with Gasteiger partial charge in [-0.1, -0.05) is 36.4 Å². The smallest absolute Gasteiger partial charge is 0.251 e. The van der Waals surface area contributed by atoms with Gasteiger partial charge in [0.25, 0.3) is 5.91 Å². The third kappa shape index (κ3) is 4.16. The highest BCUT2D eigenvalue weighted by atomic mass is 16.2. The Morgan fingerprint density at radius 2 is 1.85 bits per heavy atom. The van der Waals surface area contributed by atoms with Crippen molar-refractivity contribution in [1.29, 1.82) is 0 Å². The van der Waals surface area contributed by atoms with Crippen molar-refractivity contribution in [2.45, 2.75) is 6.92 Å². The lowest BCUT2D eigenvalue weighted by Crippen LogP contribution is -2.37. The summed E-state index contributed by atoms with van der Waals surface area (Å²) >= 11 is 0. The fourth-order valence-electron chi connectivity index (χ4n) is 2.67. The summed E-state index contributed by atoms with van der Waals surface area (Å²) in [7, 11) is 0. The number of benzene rings is 2. The van der Waals surface area contributed by atoms with Gasteiger partial charge >= 0.3 is 0 Å². The minimum Gasteiger partial charge on any atom is -0.355 e. The zero-order chi connectivity index (χ0) is 18.4. The average Bonchev–Trinajstić information content (AvgIpc) is 3.07. The number of anilines is 1. The van der Waals surface area contributed by atoms with E-state index < -0.39 is 0 Å². The molecular weight excluding hydrogens is 328 g/mol. The van der Waals surface area contributed by atoms with Crippen molar-refractivity contribution < 1.29 is 9.59 Å². The lowest BCUT2D eigenvalue weighted by molar-refractivity contribution is -0.119. The third-order valence-corrected chi connectivity index (χ3v) is 3.93. The quantitative estimate of drug-likeness (QED) is 0.673. The largest absolute Gasteiger partial charge is 0.355 e. The van der Waals surface area contributed by atoms with Crippen LogP contribution in [0.1, 0.15) is 12.6 Å². The zero-order valence-corrected chi connectivity index (χ0v) is 14.5. The van der Waals surface area contributed by atoms with Crippen molar-refractivity contribution in [3.8, 4) is 0 Å². The molecule has 0 unspecified atom stereocenters. The van der Waals surface area contributed by atoms with E-state index in [1.807, 2.05) is 54.6 Å². The van der Waals surface area contributed by atoms with Crippen molar-refractivity contribution in [1.82, 2.24) is 15.5 Å². The number of amides is 2. The highest BCUT2D eigenvalue weighted by molar-refractivity contribution is 6.04. The number of H-pyrrole nitrogens is 1. The Kier molecular flexibility index (Phi) is 5.43. The number of nitrogens with zero attached hydrogens (tertiary/aromatic N) is 2. The molecule has 0 fully saturated rings. The number of hydrogen-bond acceptors (Lipinski definition) is 3. The molecular formula is C20H20N4O2. The molecule has 0 saturated carbocycles. The molecule has 0 aliphatic rings. The van der Waals surface area contributed by atoms with Crippen molar-refractivity contribution in [2.24, 2.45) is 0 Å². The Balaban J connectivity index is 1.79. The lowest BCUT2D eigenvalue weighted by Gasteiger charge is -2.21. The summed E-state index contributed by atoms with van der Waals surface area (Å²) in [4.78, 5) is 25.5. The molecule has 1 aromatic heterocycles. The van der Waals surface area contributed by atoms with Crippen LogP contribution in [0.3, 0.4) is 0 Å². The van der Waals surface area contributed by atoms with E-state index in [0.29, 0.717) is 18.8 Å². The van der Waals surface area contributed by atoms with Gasteiger partial charge in [-0.25, -0.2) is 0 Å².